The molecule has 39 heavy (non-hydrogen) atoms. The average molecular weight is 586 g/mol. The summed E-state index contributed by atoms with van der Waals surface area (Å²) in [4.78, 5) is 17.6. The molecule has 0 saturated carbocycles. The van der Waals surface area contributed by atoms with E-state index in [-0.39, 0.29) is 18.1 Å². The number of para-hydroxylation sites is 1. The molecule has 3 aromatic carbocycles. The topological polar surface area (TPSA) is 72.7 Å². The van der Waals surface area contributed by atoms with Crippen molar-refractivity contribution in [2.45, 2.75) is 17.8 Å². The van der Waals surface area contributed by atoms with E-state index in [0.29, 0.717) is 32.3 Å². The first kappa shape index (κ1) is 26.9. The van der Waals surface area contributed by atoms with E-state index >= 15 is 0 Å². The third kappa shape index (κ3) is 6.49. The highest BCUT2D eigenvalue weighted by Crippen LogP contribution is 2.33. The molecule has 2 aromatic heterocycles. The summed E-state index contributed by atoms with van der Waals surface area (Å²) in [6, 6.07) is 22.0. The van der Waals surface area contributed by atoms with Crippen molar-refractivity contribution in [2.24, 2.45) is 0 Å². The highest BCUT2D eigenvalue weighted by Gasteiger charge is 2.30. The van der Waals surface area contributed by atoms with E-state index in [1.54, 1.807) is 18.3 Å². The highest BCUT2D eigenvalue weighted by molar-refractivity contribution is 7.99. The van der Waals surface area contributed by atoms with Crippen LogP contribution in [0.4, 0.5) is 18.3 Å². The number of thiazole rings is 1. The molecule has 0 spiro atoms. The van der Waals surface area contributed by atoms with E-state index in [1.807, 2.05) is 53.1 Å². The van der Waals surface area contributed by atoms with Gasteiger partial charge < -0.3 is 5.32 Å². The Balaban J connectivity index is 1.27. The number of benzene rings is 3. The highest BCUT2D eigenvalue weighted by atomic mass is 35.5. The van der Waals surface area contributed by atoms with Crippen molar-refractivity contribution in [3.63, 3.8) is 0 Å². The number of halogens is 4. The molecule has 0 aliphatic carbocycles. The van der Waals surface area contributed by atoms with Crippen LogP contribution in [0.5, 0.6) is 0 Å². The quantitative estimate of drug-likeness (QED) is 0.192. The number of aromatic nitrogens is 4. The average Bonchev–Trinajstić information content (AvgIpc) is 3.54. The Morgan fingerprint density at radius 1 is 1.00 bits per heavy atom. The van der Waals surface area contributed by atoms with Crippen molar-refractivity contribution in [1.82, 2.24) is 19.7 Å². The SMILES string of the molecule is O=C(CSc1nnc(-c2ccccc2Cl)n1-c1ccccc1)Nc1ncc(Cc2cccc(C(F)(F)F)c2)s1. The summed E-state index contributed by atoms with van der Waals surface area (Å²) >= 11 is 8.84. The molecule has 0 saturated heterocycles. The van der Waals surface area contributed by atoms with Gasteiger partial charge in [0.05, 0.1) is 16.3 Å². The van der Waals surface area contributed by atoms with Crippen molar-refractivity contribution in [2.75, 3.05) is 11.1 Å². The monoisotopic (exact) mass is 585 g/mol. The van der Waals surface area contributed by atoms with Gasteiger partial charge in [-0.3, -0.25) is 9.36 Å². The van der Waals surface area contributed by atoms with Gasteiger partial charge in [-0.1, -0.05) is 71.9 Å². The van der Waals surface area contributed by atoms with E-state index in [0.717, 1.165) is 22.7 Å². The molecule has 0 bridgehead atoms. The van der Waals surface area contributed by atoms with E-state index in [1.165, 1.54) is 29.2 Å². The zero-order chi connectivity index (χ0) is 27.4. The van der Waals surface area contributed by atoms with Gasteiger partial charge >= 0.3 is 6.18 Å². The number of nitrogens with one attached hydrogen (secondary N) is 1. The van der Waals surface area contributed by atoms with Gasteiger partial charge in [-0.05, 0) is 35.9 Å². The van der Waals surface area contributed by atoms with E-state index in [9.17, 15) is 18.0 Å². The predicted octanol–water partition coefficient (Wildman–Crippen LogP) is 7.38. The Morgan fingerprint density at radius 2 is 1.77 bits per heavy atom. The first-order valence-corrected chi connectivity index (χ1v) is 13.7. The van der Waals surface area contributed by atoms with Crippen molar-refractivity contribution >= 4 is 45.7 Å². The van der Waals surface area contributed by atoms with Gasteiger partial charge in [-0.2, -0.15) is 13.2 Å². The second-order valence-corrected chi connectivity index (χ2v) is 10.8. The standard InChI is InChI=1S/C27H19ClF3N5OS2/c28-22-12-5-4-11-21(22)24-34-35-26(36(24)19-9-2-1-3-10-19)38-16-23(37)33-25-32-15-20(39-25)14-17-7-6-8-18(13-17)27(29,30)31/h1-13,15H,14,16H2,(H,32,33,37). The summed E-state index contributed by atoms with van der Waals surface area (Å²) in [6.45, 7) is 0. The minimum absolute atomic E-state index is 0.0377. The molecule has 1 N–H and O–H groups in total. The molecule has 5 aromatic rings. The van der Waals surface area contributed by atoms with Crippen LogP contribution in [0.3, 0.4) is 0 Å². The molecule has 0 atom stereocenters. The lowest BCUT2D eigenvalue weighted by Crippen LogP contribution is -2.14. The third-order valence-electron chi connectivity index (χ3n) is 5.53. The summed E-state index contributed by atoms with van der Waals surface area (Å²) < 4.78 is 40.8. The number of alkyl halides is 3. The third-order valence-corrected chi connectivity index (χ3v) is 7.70. The van der Waals surface area contributed by atoms with Gasteiger partial charge in [0.25, 0.3) is 0 Å². The van der Waals surface area contributed by atoms with Gasteiger partial charge in [0.2, 0.25) is 5.91 Å². The maximum Gasteiger partial charge on any atom is 0.416 e. The fraction of sp³-hybridized carbons (Fsp3) is 0.111. The predicted molar refractivity (Wildman–Crippen MR) is 148 cm³/mol. The Kier molecular flexibility index (Phi) is 8.01. The van der Waals surface area contributed by atoms with Crippen LogP contribution in [-0.4, -0.2) is 31.4 Å². The maximum absolute atomic E-state index is 13.0. The molecule has 12 heteroatoms. The number of carbonyl (C=O) groups is 1. The normalized spacial score (nSPS) is 11.5. The molecule has 6 nitrogen and oxygen atoms in total. The van der Waals surface area contributed by atoms with Gasteiger partial charge in [-0.25, -0.2) is 4.98 Å². The first-order chi connectivity index (χ1) is 18.8. The van der Waals surface area contributed by atoms with Gasteiger partial charge in [-0.15, -0.1) is 21.5 Å². The number of hydrogen-bond donors (Lipinski definition) is 1. The van der Waals surface area contributed by atoms with Crippen molar-refractivity contribution in [3.8, 4) is 17.1 Å². The maximum atomic E-state index is 13.0. The molecule has 198 valence electrons. The van der Waals surface area contributed by atoms with Crippen molar-refractivity contribution in [3.05, 3.63) is 106 Å². The lowest BCUT2D eigenvalue weighted by atomic mass is 10.1. The molecule has 1 amide bonds. The zero-order valence-electron chi connectivity index (χ0n) is 20.0. The molecule has 2 heterocycles. The van der Waals surface area contributed by atoms with Crippen LogP contribution in [0.1, 0.15) is 16.0 Å². The van der Waals surface area contributed by atoms with Crippen molar-refractivity contribution < 1.29 is 18.0 Å². The van der Waals surface area contributed by atoms with Crippen LogP contribution in [0.2, 0.25) is 5.02 Å². The van der Waals surface area contributed by atoms with E-state index in [4.69, 9.17) is 11.6 Å². The Hall–Kier alpha value is -3.67. The Morgan fingerprint density at radius 3 is 2.54 bits per heavy atom. The number of hydrogen-bond acceptors (Lipinski definition) is 6. The number of carbonyl (C=O) groups excluding carboxylic acids is 1. The number of amides is 1. The lowest BCUT2D eigenvalue weighted by Gasteiger charge is -2.11. The summed E-state index contributed by atoms with van der Waals surface area (Å²) in [5, 5.41) is 12.8. The second-order valence-electron chi connectivity index (χ2n) is 8.30. The van der Waals surface area contributed by atoms with Crippen LogP contribution < -0.4 is 5.32 Å². The minimum Gasteiger partial charge on any atom is -0.301 e. The van der Waals surface area contributed by atoms with E-state index in [2.05, 4.69) is 20.5 Å². The number of thioether (sulfide) groups is 1. The van der Waals surface area contributed by atoms with Crippen LogP contribution >= 0.6 is 34.7 Å². The van der Waals surface area contributed by atoms with Crippen molar-refractivity contribution in [1.29, 1.82) is 0 Å². The summed E-state index contributed by atoms with van der Waals surface area (Å²) in [5.41, 5.74) is 1.34. The second kappa shape index (κ2) is 11.6. The fourth-order valence-corrected chi connectivity index (χ4v) is 5.62. The van der Waals surface area contributed by atoms with Gasteiger partial charge in [0.1, 0.15) is 0 Å². The Labute approximate surface area is 234 Å². The van der Waals surface area contributed by atoms with Crippen LogP contribution in [0.15, 0.2) is 90.2 Å². The summed E-state index contributed by atoms with van der Waals surface area (Å²) in [6.07, 6.45) is -2.58. The number of rotatable bonds is 8. The molecule has 0 fully saturated rings. The number of anilines is 1. The summed E-state index contributed by atoms with van der Waals surface area (Å²) in [7, 11) is 0. The smallest absolute Gasteiger partial charge is 0.301 e. The largest absolute Gasteiger partial charge is 0.416 e. The van der Waals surface area contributed by atoms with Crippen LogP contribution in [-0.2, 0) is 17.4 Å². The first-order valence-electron chi connectivity index (χ1n) is 11.6. The Bertz CT molecular complexity index is 1600. The lowest BCUT2D eigenvalue weighted by molar-refractivity contribution is -0.137. The molecule has 0 aliphatic rings. The molecule has 0 aliphatic heterocycles. The van der Waals surface area contributed by atoms with Crippen LogP contribution in [0.25, 0.3) is 17.1 Å². The summed E-state index contributed by atoms with van der Waals surface area (Å²) in [5.74, 6) is 0.284. The molecule has 5 rings (SSSR count). The fourth-order valence-electron chi connectivity index (χ4n) is 3.78. The zero-order valence-corrected chi connectivity index (χ0v) is 22.4. The van der Waals surface area contributed by atoms with E-state index < -0.39 is 11.7 Å². The van der Waals surface area contributed by atoms with Crippen LogP contribution in [0, 0.1) is 0 Å². The van der Waals surface area contributed by atoms with Gasteiger partial charge in [0, 0.05) is 28.7 Å². The molecular weight excluding hydrogens is 567 g/mol. The molecule has 0 unspecified atom stereocenters. The minimum atomic E-state index is -4.40. The molecule has 0 radical (unpaired) electrons. The molecular formula is C27H19ClF3N5OS2. The number of nitrogens with zero attached hydrogens (tertiary/aromatic N) is 4. The van der Waals surface area contributed by atoms with Gasteiger partial charge in [0.15, 0.2) is 16.1 Å².